The molecule has 1 aliphatic carbocycles. The Morgan fingerprint density at radius 3 is 2.88 bits per heavy atom. The van der Waals surface area contributed by atoms with Crippen LogP contribution in [0.25, 0.3) is 11.1 Å². The number of aromatic hydroxyl groups is 1. The first kappa shape index (κ1) is 9.90. The largest absolute Gasteiger partial charge is 0.507 e. The first-order valence-electron chi connectivity index (χ1n) is 5.44. The predicted molar refractivity (Wildman–Crippen MR) is 66.0 cm³/mol. The van der Waals surface area contributed by atoms with E-state index in [1.165, 1.54) is 0 Å². The highest BCUT2D eigenvalue weighted by Crippen LogP contribution is 2.42. The molecule has 0 aromatic heterocycles. The summed E-state index contributed by atoms with van der Waals surface area (Å²) in [5, 5.41) is 12.5. The zero-order valence-electron chi connectivity index (χ0n) is 9.10. The molecule has 2 N–H and O–H groups in total. The number of rotatable bonds is 2. The number of nitrogens with one attached hydrogen (secondary N) is 1. The molecule has 2 aromatic rings. The monoisotopic (exact) mass is 225 g/mol. The lowest BCUT2D eigenvalue weighted by Gasteiger charge is -2.05. The number of anilines is 1. The predicted octanol–water partition coefficient (Wildman–Crippen LogP) is 2.53. The lowest BCUT2D eigenvalue weighted by atomic mass is 10.0. The number of hydrogen-bond donors (Lipinski definition) is 2. The molecule has 0 fully saturated rings. The Kier molecular flexibility index (Phi) is 2.11. The Balaban J connectivity index is 2.14. The molecule has 0 unspecified atom stereocenters. The van der Waals surface area contributed by atoms with Crippen molar-refractivity contribution in [1.82, 2.24) is 0 Å². The minimum Gasteiger partial charge on any atom is -0.507 e. The van der Waals surface area contributed by atoms with Crippen LogP contribution in [0.2, 0.25) is 0 Å². The minimum atomic E-state index is 0.317. The normalized spacial score (nSPS) is 11.8. The van der Waals surface area contributed by atoms with Gasteiger partial charge >= 0.3 is 0 Å². The molecule has 84 valence electrons. The van der Waals surface area contributed by atoms with Crippen LogP contribution >= 0.6 is 0 Å². The summed E-state index contributed by atoms with van der Waals surface area (Å²) in [5.41, 5.74) is 5.01. The molecule has 0 bridgehead atoms. The lowest BCUT2D eigenvalue weighted by molar-refractivity contribution is -0.105. The highest BCUT2D eigenvalue weighted by Gasteiger charge is 2.21. The maximum Gasteiger partial charge on any atom is 0.211 e. The van der Waals surface area contributed by atoms with Gasteiger partial charge in [0.15, 0.2) is 0 Å². The van der Waals surface area contributed by atoms with Crippen LogP contribution in [0.1, 0.15) is 11.1 Å². The Bertz CT molecular complexity index is 605. The number of carbonyl (C=O) groups excluding carboxylic acids is 1. The van der Waals surface area contributed by atoms with Crippen LogP contribution < -0.4 is 5.32 Å². The molecular weight excluding hydrogens is 214 g/mol. The van der Waals surface area contributed by atoms with Gasteiger partial charge in [-0.05, 0) is 41.3 Å². The first-order valence-corrected chi connectivity index (χ1v) is 5.44. The van der Waals surface area contributed by atoms with Gasteiger partial charge in [0.2, 0.25) is 6.41 Å². The number of hydrogen-bond acceptors (Lipinski definition) is 2. The molecule has 0 saturated heterocycles. The molecule has 3 nitrogen and oxygen atoms in total. The topological polar surface area (TPSA) is 49.3 Å². The zero-order chi connectivity index (χ0) is 11.8. The van der Waals surface area contributed by atoms with Crippen LogP contribution in [0, 0.1) is 0 Å². The summed E-state index contributed by atoms with van der Waals surface area (Å²) < 4.78 is 0. The molecule has 0 aliphatic heterocycles. The van der Waals surface area contributed by atoms with Crippen LogP contribution in [-0.2, 0) is 11.2 Å². The standard InChI is InChI=1S/C14H11NO2/c16-8-15-11-4-5-12-10(7-11)6-9-2-1-3-13(17)14(9)12/h1-5,7-8,17H,6H2,(H,15,16). The van der Waals surface area contributed by atoms with Crippen molar-refractivity contribution in [2.45, 2.75) is 6.42 Å². The van der Waals surface area contributed by atoms with Crippen LogP contribution in [0.5, 0.6) is 5.75 Å². The van der Waals surface area contributed by atoms with Crippen LogP contribution in [0.3, 0.4) is 0 Å². The average Bonchev–Trinajstić information content (AvgIpc) is 2.68. The Morgan fingerprint density at radius 2 is 2.06 bits per heavy atom. The molecule has 0 saturated carbocycles. The highest BCUT2D eigenvalue weighted by molar-refractivity contribution is 5.84. The third-order valence-electron chi connectivity index (χ3n) is 3.11. The Hall–Kier alpha value is -2.29. The van der Waals surface area contributed by atoms with Gasteiger partial charge in [0.25, 0.3) is 0 Å². The van der Waals surface area contributed by atoms with E-state index in [2.05, 4.69) is 5.32 Å². The van der Waals surface area contributed by atoms with E-state index in [9.17, 15) is 9.90 Å². The van der Waals surface area contributed by atoms with Crippen molar-refractivity contribution < 1.29 is 9.90 Å². The van der Waals surface area contributed by atoms with Gasteiger partial charge in [-0.15, -0.1) is 0 Å². The van der Waals surface area contributed by atoms with E-state index in [0.717, 1.165) is 34.4 Å². The second-order valence-electron chi connectivity index (χ2n) is 4.12. The summed E-state index contributed by atoms with van der Waals surface area (Å²) in [6.07, 6.45) is 1.47. The van der Waals surface area contributed by atoms with E-state index >= 15 is 0 Å². The van der Waals surface area contributed by atoms with E-state index < -0.39 is 0 Å². The molecule has 17 heavy (non-hydrogen) atoms. The van der Waals surface area contributed by atoms with Gasteiger partial charge in [-0.1, -0.05) is 18.2 Å². The fraction of sp³-hybridized carbons (Fsp3) is 0.0714. The van der Waals surface area contributed by atoms with Crippen LogP contribution in [0.15, 0.2) is 36.4 Å². The molecular formula is C14H11NO2. The molecule has 1 aliphatic rings. The quantitative estimate of drug-likeness (QED) is 0.658. The second-order valence-corrected chi connectivity index (χ2v) is 4.12. The van der Waals surface area contributed by atoms with E-state index in [-0.39, 0.29) is 0 Å². The van der Waals surface area contributed by atoms with Gasteiger partial charge < -0.3 is 10.4 Å². The molecule has 0 heterocycles. The van der Waals surface area contributed by atoms with Crippen molar-refractivity contribution in [2.24, 2.45) is 0 Å². The van der Waals surface area contributed by atoms with Crippen molar-refractivity contribution in [3.63, 3.8) is 0 Å². The maximum absolute atomic E-state index is 10.4. The van der Waals surface area contributed by atoms with Gasteiger partial charge in [0, 0.05) is 11.3 Å². The molecule has 0 spiro atoms. The molecule has 0 atom stereocenters. The maximum atomic E-state index is 10.4. The van der Waals surface area contributed by atoms with Crippen molar-refractivity contribution in [2.75, 3.05) is 5.32 Å². The van der Waals surface area contributed by atoms with Gasteiger partial charge in [0.05, 0.1) is 0 Å². The van der Waals surface area contributed by atoms with E-state index in [1.807, 2.05) is 30.3 Å². The number of phenols is 1. The number of amides is 1. The van der Waals surface area contributed by atoms with Crippen molar-refractivity contribution in [1.29, 1.82) is 0 Å². The van der Waals surface area contributed by atoms with Gasteiger partial charge in [-0.3, -0.25) is 4.79 Å². The van der Waals surface area contributed by atoms with Gasteiger partial charge in [-0.25, -0.2) is 0 Å². The smallest absolute Gasteiger partial charge is 0.211 e. The van der Waals surface area contributed by atoms with Crippen LogP contribution in [0.4, 0.5) is 5.69 Å². The van der Waals surface area contributed by atoms with Gasteiger partial charge in [0.1, 0.15) is 5.75 Å². The Labute approximate surface area is 98.7 Å². The number of phenolic OH excluding ortho intramolecular Hbond substituents is 1. The molecule has 0 radical (unpaired) electrons. The third-order valence-corrected chi connectivity index (χ3v) is 3.11. The van der Waals surface area contributed by atoms with Gasteiger partial charge in [-0.2, -0.15) is 0 Å². The van der Waals surface area contributed by atoms with E-state index in [1.54, 1.807) is 6.07 Å². The van der Waals surface area contributed by atoms with E-state index in [4.69, 9.17) is 0 Å². The third kappa shape index (κ3) is 1.47. The SMILES string of the molecule is O=CNc1ccc2c(c1)Cc1cccc(O)c1-2. The number of benzene rings is 2. The molecule has 1 amide bonds. The highest BCUT2D eigenvalue weighted by atomic mass is 16.3. The summed E-state index contributed by atoms with van der Waals surface area (Å²) in [5.74, 6) is 0.317. The lowest BCUT2D eigenvalue weighted by Crippen LogP contribution is -1.94. The summed E-state index contributed by atoms with van der Waals surface area (Å²) in [4.78, 5) is 10.4. The average molecular weight is 225 g/mol. The molecule has 3 rings (SSSR count). The second kappa shape index (κ2) is 3.63. The van der Waals surface area contributed by atoms with Crippen molar-refractivity contribution >= 4 is 12.1 Å². The summed E-state index contributed by atoms with van der Waals surface area (Å²) in [6.45, 7) is 0. The number of fused-ring (bicyclic) bond motifs is 3. The fourth-order valence-corrected chi connectivity index (χ4v) is 2.39. The number of carbonyl (C=O) groups is 1. The molecule has 2 aromatic carbocycles. The van der Waals surface area contributed by atoms with Crippen LogP contribution in [-0.4, -0.2) is 11.5 Å². The molecule has 3 heteroatoms. The zero-order valence-corrected chi connectivity index (χ0v) is 9.10. The summed E-state index contributed by atoms with van der Waals surface area (Å²) >= 11 is 0. The van der Waals surface area contributed by atoms with E-state index in [0.29, 0.717) is 12.2 Å². The van der Waals surface area contributed by atoms with Crippen molar-refractivity contribution in [3.8, 4) is 16.9 Å². The Morgan fingerprint density at radius 1 is 1.18 bits per heavy atom. The summed E-state index contributed by atoms with van der Waals surface area (Å²) in [7, 11) is 0. The fourth-order valence-electron chi connectivity index (χ4n) is 2.39. The first-order chi connectivity index (χ1) is 8.29. The summed E-state index contributed by atoms with van der Waals surface area (Å²) in [6, 6.07) is 11.3. The van der Waals surface area contributed by atoms with Crippen molar-refractivity contribution in [3.05, 3.63) is 47.5 Å². The minimum absolute atomic E-state index is 0.317.